The van der Waals surface area contributed by atoms with E-state index in [1.54, 1.807) is 0 Å². The molecule has 1 N–H and O–H groups in total. The van der Waals surface area contributed by atoms with Crippen molar-refractivity contribution in [2.24, 2.45) is 5.92 Å². The van der Waals surface area contributed by atoms with Crippen LogP contribution in [0, 0.1) is 5.92 Å². The first-order chi connectivity index (χ1) is 9.74. The summed E-state index contributed by atoms with van der Waals surface area (Å²) in [7, 11) is 0. The molecule has 2 heterocycles. The Balaban J connectivity index is 1.71. The minimum Gasteiger partial charge on any atom is -0.447 e. The highest BCUT2D eigenvalue weighted by Crippen LogP contribution is 2.27. The van der Waals surface area contributed by atoms with Crippen LogP contribution in [0.2, 0.25) is 5.02 Å². The van der Waals surface area contributed by atoms with Crippen LogP contribution in [0.5, 0.6) is 0 Å². The molecule has 0 radical (unpaired) electrons. The summed E-state index contributed by atoms with van der Waals surface area (Å²) in [6.07, 6.45) is 2.03. The normalized spacial score (nSPS) is 23.9. The second-order valence-electron chi connectivity index (χ2n) is 5.49. The van der Waals surface area contributed by atoms with Crippen LogP contribution >= 0.6 is 11.6 Å². The number of benzene rings is 1. The highest BCUT2D eigenvalue weighted by molar-refractivity contribution is 6.30. The van der Waals surface area contributed by atoms with E-state index in [2.05, 4.69) is 5.32 Å². The topological polar surface area (TPSA) is 41.6 Å². The van der Waals surface area contributed by atoms with E-state index >= 15 is 0 Å². The third-order valence-electron chi connectivity index (χ3n) is 4.21. The van der Waals surface area contributed by atoms with E-state index in [-0.39, 0.29) is 12.1 Å². The number of nitrogens with zero attached hydrogens (tertiary/aromatic N) is 1. The molecule has 5 heteroatoms. The molecule has 1 aromatic carbocycles. The fourth-order valence-electron chi connectivity index (χ4n) is 3.05. The second-order valence-corrected chi connectivity index (χ2v) is 5.92. The Hall–Kier alpha value is -1.26. The zero-order chi connectivity index (χ0) is 13.9. The lowest BCUT2D eigenvalue weighted by atomic mass is 9.90. The van der Waals surface area contributed by atoms with Crippen LogP contribution < -0.4 is 5.32 Å². The number of carbonyl (C=O) groups is 1. The Kier molecular flexibility index (Phi) is 4.13. The molecule has 20 heavy (non-hydrogen) atoms. The van der Waals surface area contributed by atoms with Crippen molar-refractivity contribution in [3.63, 3.8) is 0 Å². The molecule has 0 bridgehead atoms. The second kappa shape index (κ2) is 6.02. The van der Waals surface area contributed by atoms with Crippen molar-refractivity contribution in [1.82, 2.24) is 10.2 Å². The number of cyclic esters (lactones) is 1. The summed E-state index contributed by atoms with van der Waals surface area (Å²) in [5, 5.41) is 4.08. The van der Waals surface area contributed by atoms with Gasteiger partial charge in [0.15, 0.2) is 0 Å². The fourth-order valence-corrected chi connectivity index (χ4v) is 3.18. The number of hydrogen-bond acceptors (Lipinski definition) is 3. The van der Waals surface area contributed by atoms with Crippen molar-refractivity contribution >= 4 is 17.7 Å². The van der Waals surface area contributed by atoms with Crippen LogP contribution in [0.4, 0.5) is 4.79 Å². The minimum atomic E-state index is -0.191. The van der Waals surface area contributed by atoms with Gasteiger partial charge in [0.25, 0.3) is 0 Å². The Bertz CT molecular complexity index is 471. The van der Waals surface area contributed by atoms with Crippen molar-refractivity contribution in [2.45, 2.75) is 25.4 Å². The van der Waals surface area contributed by atoms with Crippen molar-refractivity contribution < 1.29 is 9.53 Å². The van der Waals surface area contributed by atoms with Gasteiger partial charge in [-0.25, -0.2) is 4.79 Å². The fraction of sp³-hybridized carbons (Fsp3) is 0.533. The predicted octanol–water partition coefficient (Wildman–Crippen LogP) is 2.66. The molecule has 108 valence electrons. The Labute approximate surface area is 124 Å². The van der Waals surface area contributed by atoms with Crippen molar-refractivity contribution in [1.29, 1.82) is 0 Å². The molecule has 4 nitrogen and oxygen atoms in total. The summed E-state index contributed by atoms with van der Waals surface area (Å²) in [4.78, 5) is 13.8. The van der Waals surface area contributed by atoms with Gasteiger partial charge in [0.2, 0.25) is 0 Å². The average Bonchev–Trinajstić information content (AvgIpc) is 2.84. The van der Waals surface area contributed by atoms with Crippen LogP contribution in [-0.4, -0.2) is 36.7 Å². The highest BCUT2D eigenvalue weighted by Gasteiger charge is 2.38. The van der Waals surface area contributed by atoms with E-state index in [1.165, 1.54) is 0 Å². The summed E-state index contributed by atoms with van der Waals surface area (Å²) in [5.41, 5.74) is 1.09. The van der Waals surface area contributed by atoms with E-state index < -0.39 is 0 Å². The molecule has 1 atom stereocenters. The van der Waals surface area contributed by atoms with Gasteiger partial charge < -0.3 is 10.1 Å². The average molecular weight is 295 g/mol. The maximum Gasteiger partial charge on any atom is 0.410 e. The molecule has 2 aliphatic heterocycles. The van der Waals surface area contributed by atoms with Gasteiger partial charge >= 0.3 is 6.09 Å². The Morgan fingerprint density at radius 3 is 2.65 bits per heavy atom. The van der Waals surface area contributed by atoms with Crippen molar-refractivity contribution in [3.8, 4) is 0 Å². The van der Waals surface area contributed by atoms with Gasteiger partial charge in [0.1, 0.15) is 6.61 Å². The van der Waals surface area contributed by atoms with Gasteiger partial charge in [0, 0.05) is 11.6 Å². The SMILES string of the molecule is O=C1OCC(C2CCNCC2)N1Cc1ccc(Cl)cc1. The predicted molar refractivity (Wildman–Crippen MR) is 77.7 cm³/mol. The molecule has 0 saturated carbocycles. The summed E-state index contributed by atoms with van der Waals surface area (Å²) < 4.78 is 5.27. The third kappa shape index (κ3) is 2.91. The molecular formula is C15H19ClN2O2. The van der Waals surface area contributed by atoms with E-state index in [9.17, 15) is 4.79 Å². The lowest BCUT2D eigenvalue weighted by Crippen LogP contribution is -2.43. The van der Waals surface area contributed by atoms with Gasteiger partial charge in [-0.15, -0.1) is 0 Å². The summed E-state index contributed by atoms with van der Waals surface area (Å²) in [6, 6.07) is 7.86. The maximum atomic E-state index is 12.0. The van der Waals surface area contributed by atoms with Gasteiger partial charge in [-0.2, -0.15) is 0 Å². The molecule has 1 amide bonds. The summed E-state index contributed by atoms with van der Waals surface area (Å²) in [6.45, 7) is 3.19. The standard InChI is InChI=1S/C15H19ClN2O2/c16-13-3-1-11(2-4-13)9-18-14(10-20-15(18)19)12-5-7-17-8-6-12/h1-4,12,14,17H,5-10H2. The van der Waals surface area contributed by atoms with E-state index in [4.69, 9.17) is 16.3 Å². The van der Waals surface area contributed by atoms with E-state index in [0.29, 0.717) is 24.1 Å². The molecule has 2 saturated heterocycles. The third-order valence-corrected chi connectivity index (χ3v) is 4.46. The van der Waals surface area contributed by atoms with Crippen molar-refractivity contribution in [3.05, 3.63) is 34.9 Å². The number of amides is 1. The molecule has 0 aromatic heterocycles. The number of hydrogen-bond donors (Lipinski definition) is 1. The summed E-state index contributed by atoms with van der Waals surface area (Å²) in [5.74, 6) is 0.537. The molecule has 0 aliphatic carbocycles. The van der Waals surface area contributed by atoms with Crippen molar-refractivity contribution in [2.75, 3.05) is 19.7 Å². The van der Waals surface area contributed by atoms with Crippen LogP contribution in [0.15, 0.2) is 24.3 Å². The molecule has 1 unspecified atom stereocenters. The number of nitrogens with one attached hydrogen (secondary N) is 1. The molecule has 2 aliphatic rings. The minimum absolute atomic E-state index is 0.191. The maximum absolute atomic E-state index is 12.0. The zero-order valence-electron chi connectivity index (χ0n) is 11.3. The molecule has 0 spiro atoms. The highest BCUT2D eigenvalue weighted by atomic mass is 35.5. The van der Waals surface area contributed by atoms with Crippen LogP contribution in [0.1, 0.15) is 18.4 Å². The number of halogens is 1. The quantitative estimate of drug-likeness (QED) is 0.932. The smallest absolute Gasteiger partial charge is 0.410 e. The number of ether oxygens (including phenoxy) is 1. The number of rotatable bonds is 3. The molecule has 2 fully saturated rings. The van der Waals surface area contributed by atoms with Crippen LogP contribution in [-0.2, 0) is 11.3 Å². The monoisotopic (exact) mass is 294 g/mol. The Morgan fingerprint density at radius 1 is 1.25 bits per heavy atom. The zero-order valence-corrected chi connectivity index (χ0v) is 12.1. The van der Waals surface area contributed by atoms with Crippen LogP contribution in [0.25, 0.3) is 0 Å². The van der Waals surface area contributed by atoms with E-state index in [1.807, 2.05) is 29.2 Å². The molecular weight excluding hydrogens is 276 g/mol. The first-order valence-electron chi connectivity index (χ1n) is 7.12. The lowest BCUT2D eigenvalue weighted by molar-refractivity contribution is 0.151. The van der Waals surface area contributed by atoms with Gasteiger partial charge in [-0.05, 0) is 49.5 Å². The molecule has 3 rings (SSSR count). The first kappa shape index (κ1) is 13.7. The Morgan fingerprint density at radius 2 is 1.95 bits per heavy atom. The van der Waals surface area contributed by atoms with Gasteiger partial charge in [0.05, 0.1) is 6.04 Å². The number of carbonyl (C=O) groups excluding carboxylic acids is 1. The van der Waals surface area contributed by atoms with E-state index in [0.717, 1.165) is 31.5 Å². The molecule has 1 aromatic rings. The van der Waals surface area contributed by atoms with Crippen LogP contribution in [0.3, 0.4) is 0 Å². The van der Waals surface area contributed by atoms with Gasteiger partial charge in [-0.3, -0.25) is 4.90 Å². The summed E-state index contributed by atoms with van der Waals surface area (Å²) >= 11 is 5.90. The first-order valence-corrected chi connectivity index (χ1v) is 7.50. The largest absolute Gasteiger partial charge is 0.447 e. The van der Waals surface area contributed by atoms with Gasteiger partial charge in [-0.1, -0.05) is 23.7 Å². The lowest BCUT2D eigenvalue weighted by Gasteiger charge is -2.32. The number of piperidine rings is 1.